The van der Waals surface area contributed by atoms with Crippen LogP contribution < -0.4 is 0 Å². The summed E-state index contributed by atoms with van der Waals surface area (Å²) in [5.41, 5.74) is -1.78. The van der Waals surface area contributed by atoms with Crippen molar-refractivity contribution >= 4 is 11.9 Å². The molecule has 2 heterocycles. The van der Waals surface area contributed by atoms with Crippen LogP contribution in [0.5, 0.6) is 0 Å². The van der Waals surface area contributed by atoms with Gasteiger partial charge in [-0.1, -0.05) is 12.1 Å². The van der Waals surface area contributed by atoms with Crippen molar-refractivity contribution in [3.05, 3.63) is 41.5 Å². The molecule has 0 spiro atoms. The highest BCUT2D eigenvalue weighted by molar-refractivity contribution is 5.84. The summed E-state index contributed by atoms with van der Waals surface area (Å²) in [6.45, 7) is 1.08. The predicted octanol–water partition coefficient (Wildman–Crippen LogP) is 0.930. The quantitative estimate of drug-likeness (QED) is 0.846. The number of hydrogen-bond donors (Lipinski definition) is 1. The SMILES string of the molecule is Cc1nnnn1C(Cc1ccc(F)cc1)C(=O)N1CCC(F)(C(=O)O)C1. The van der Waals surface area contributed by atoms with Gasteiger partial charge in [0.05, 0.1) is 6.54 Å². The lowest BCUT2D eigenvalue weighted by Gasteiger charge is -2.24. The zero-order chi connectivity index (χ0) is 18.9. The third kappa shape index (κ3) is 3.39. The number of carbonyl (C=O) groups excluding carboxylic acids is 1. The van der Waals surface area contributed by atoms with E-state index in [1.165, 1.54) is 33.8 Å². The second-order valence-corrected chi connectivity index (χ2v) is 6.30. The van der Waals surface area contributed by atoms with Crippen LogP contribution >= 0.6 is 0 Å². The molecule has 0 aliphatic carbocycles. The number of rotatable bonds is 5. The second kappa shape index (κ2) is 6.77. The fraction of sp³-hybridized carbons (Fsp3) is 0.438. The van der Waals surface area contributed by atoms with Gasteiger partial charge in [0.2, 0.25) is 11.6 Å². The summed E-state index contributed by atoms with van der Waals surface area (Å²) >= 11 is 0. The maximum Gasteiger partial charge on any atom is 0.343 e. The number of tetrazole rings is 1. The third-order valence-corrected chi connectivity index (χ3v) is 4.49. The van der Waals surface area contributed by atoms with E-state index in [1.54, 1.807) is 6.92 Å². The lowest BCUT2D eigenvalue weighted by molar-refractivity contribution is -0.150. The minimum atomic E-state index is -2.45. The van der Waals surface area contributed by atoms with Gasteiger partial charge in [0.15, 0.2) is 0 Å². The number of carboxylic acid groups (broad SMARTS) is 1. The van der Waals surface area contributed by atoms with Gasteiger partial charge in [-0.05, 0) is 35.0 Å². The first-order valence-electron chi connectivity index (χ1n) is 8.00. The van der Waals surface area contributed by atoms with Crippen molar-refractivity contribution < 1.29 is 23.5 Å². The number of carboxylic acids is 1. The van der Waals surface area contributed by atoms with E-state index in [-0.39, 0.29) is 19.4 Å². The van der Waals surface area contributed by atoms with Gasteiger partial charge in [0.1, 0.15) is 17.7 Å². The molecular formula is C16H17F2N5O3. The Balaban J connectivity index is 1.86. The molecule has 1 amide bonds. The molecule has 1 N–H and O–H groups in total. The van der Waals surface area contributed by atoms with Gasteiger partial charge in [0.25, 0.3) is 0 Å². The van der Waals surface area contributed by atoms with Gasteiger partial charge in [-0.3, -0.25) is 4.79 Å². The molecule has 1 saturated heterocycles. The summed E-state index contributed by atoms with van der Waals surface area (Å²) < 4.78 is 28.7. The molecule has 3 rings (SSSR count). The van der Waals surface area contributed by atoms with E-state index >= 15 is 0 Å². The molecule has 0 radical (unpaired) electrons. The molecule has 10 heteroatoms. The number of aryl methyl sites for hydroxylation is 1. The Kier molecular flexibility index (Phi) is 4.66. The van der Waals surface area contributed by atoms with E-state index in [4.69, 9.17) is 5.11 Å². The van der Waals surface area contributed by atoms with Crippen LogP contribution in [0.15, 0.2) is 24.3 Å². The average Bonchev–Trinajstić information content (AvgIpc) is 3.21. The smallest absolute Gasteiger partial charge is 0.343 e. The third-order valence-electron chi connectivity index (χ3n) is 4.49. The fourth-order valence-corrected chi connectivity index (χ4v) is 2.99. The van der Waals surface area contributed by atoms with Crippen LogP contribution in [-0.4, -0.2) is 60.8 Å². The predicted molar refractivity (Wildman–Crippen MR) is 84.4 cm³/mol. The Bertz CT molecular complexity index is 826. The summed E-state index contributed by atoms with van der Waals surface area (Å²) in [7, 11) is 0. The summed E-state index contributed by atoms with van der Waals surface area (Å²) in [5.74, 6) is -2.08. The Morgan fingerprint density at radius 2 is 2.04 bits per heavy atom. The first kappa shape index (κ1) is 17.9. The Labute approximate surface area is 147 Å². The Morgan fingerprint density at radius 3 is 2.58 bits per heavy atom. The summed E-state index contributed by atoms with van der Waals surface area (Å²) in [6.07, 6.45) is -0.111. The van der Waals surface area contributed by atoms with E-state index in [0.29, 0.717) is 11.4 Å². The Hall–Kier alpha value is -2.91. The molecule has 1 aromatic carbocycles. The molecule has 1 aliphatic rings. The van der Waals surface area contributed by atoms with Gasteiger partial charge in [0, 0.05) is 19.4 Å². The maximum atomic E-state index is 14.3. The van der Waals surface area contributed by atoms with E-state index < -0.39 is 35.9 Å². The van der Waals surface area contributed by atoms with Gasteiger partial charge in [-0.2, -0.15) is 0 Å². The number of carbonyl (C=O) groups is 2. The molecule has 26 heavy (non-hydrogen) atoms. The molecule has 0 saturated carbocycles. The molecule has 1 aliphatic heterocycles. The van der Waals surface area contributed by atoms with Crippen LogP contribution in [0.1, 0.15) is 23.9 Å². The zero-order valence-electron chi connectivity index (χ0n) is 14.0. The van der Waals surface area contributed by atoms with Crippen LogP contribution in [0.2, 0.25) is 0 Å². The number of amides is 1. The lowest BCUT2D eigenvalue weighted by atomic mass is 10.0. The number of halogens is 2. The number of likely N-dealkylation sites (tertiary alicyclic amines) is 1. The first-order valence-corrected chi connectivity index (χ1v) is 8.00. The van der Waals surface area contributed by atoms with Crippen LogP contribution in [0.4, 0.5) is 8.78 Å². The van der Waals surface area contributed by atoms with Gasteiger partial charge in [-0.25, -0.2) is 18.3 Å². The second-order valence-electron chi connectivity index (χ2n) is 6.30. The molecule has 1 aromatic heterocycles. The lowest BCUT2D eigenvalue weighted by Crippen LogP contribution is -2.42. The van der Waals surface area contributed by atoms with Gasteiger partial charge >= 0.3 is 5.97 Å². The molecule has 138 valence electrons. The van der Waals surface area contributed by atoms with Crippen molar-refractivity contribution in [1.29, 1.82) is 0 Å². The molecule has 2 atom stereocenters. The zero-order valence-corrected chi connectivity index (χ0v) is 14.0. The normalized spacial score (nSPS) is 21.0. The fourth-order valence-electron chi connectivity index (χ4n) is 2.99. The van der Waals surface area contributed by atoms with Crippen molar-refractivity contribution in [2.75, 3.05) is 13.1 Å². The largest absolute Gasteiger partial charge is 0.479 e. The number of aliphatic carboxylic acids is 1. The van der Waals surface area contributed by atoms with E-state index in [1.807, 2.05) is 0 Å². The minimum absolute atomic E-state index is 0.0112. The maximum absolute atomic E-state index is 14.3. The van der Waals surface area contributed by atoms with E-state index in [9.17, 15) is 18.4 Å². The minimum Gasteiger partial charge on any atom is -0.479 e. The van der Waals surface area contributed by atoms with Gasteiger partial charge < -0.3 is 10.0 Å². The molecule has 0 bridgehead atoms. The van der Waals surface area contributed by atoms with Crippen molar-refractivity contribution in [1.82, 2.24) is 25.1 Å². The average molecular weight is 365 g/mol. The summed E-state index contributed by atoms with van der Waals surface area (Å²) in [6, 6.07) is 4.74. The molecule has 2 unspecified atom stereocenters. The summed E-state index contributed by atoms with van der Waals surface area (Å²) in [4.78, 5) is 25.2. The van der Waals surface area contributed by atoms with Crippen LogP contribution in [0, 0.1) is 12.7 Å². The highest BCUT2D eigenvalue weighted by Gasteiger charge is 2.48. The monoisotopic (exact) mass is 365 g/mol. The first-order chi connectivity index (χ1) is 12.3. The number of alkyl halides is 1. The molecular weight excluding hydrogens is 348 g/mol. The standard InChI is InChI=1S/C16H17F2N5O3/c1-10-19-20-21-23(10)13(8-11-2-4-12(17)5-3-11)14(24)22-7-6-16(18,9-22)15(25)26/h2-5,13H,6-9H2,1H3,(H,25,26). The van der Waals surface area contributed by atoms with E-state index in [0.717, 1.165) is 0 Å². The number of nitrogens with zero attached hydrogens (tertiary/aromatic N) is 5. The van der Waals surface area contributed by atoms with Crippen molar-refractivity contribution in [2.45, 2.75) is 31.5 Å². The van der Waals surface area contributed by atoms with Crippen molar-refractivity contribution in [3.8, 4) is 0 Å². The number of hydrogen-bond acceptors (Lipinski definition) is 5. The highest BCUT2D eigenvalue weighted by Crippen LogP contribution is 2.29. The van der Waals surface area contributed by atoms with Crippen LogP contribution in [0.3, 0.4) is 0 Å². The van der Waals surface area contributed by atoms with E-state index in [2.05, 4.69) is 15.5 Å². The Morgan fingerprint density at radius 1 is 1.35 bits per heavy atom. The van der Waals surface area contributed by atoms with Crippen molar-refractivity contribution in [3.63, 3.8) is 0 Å². The van der Waals surface area contributed by atoms with Crippen LogP contribution in [-0.2, 0) is 16.0 Å². The highest BCUT2D eigenvalue weighted by atomic mass is 19.1. The summed E-state index contributed by atoms with van der Waals surface area (Å²) in [5, 5.41) is 20.1. The van der Waals surface area contributed by atoms with Crippen molar-refractivity contribution in [2.24, 2.45) is 0 Å². The molecule has 2 aromatic rings. The van der Waals surface area contributed by atoms with Crippen LogP contribution in [0.25, 0.3) is 0 Å². The van der Waals surface area contributed by atoms with Gasteiger partial charge in [-0.15, -0.1) is 5.10 Å². The number of aromatic nitrogens is 4. The molecule has 8 nitrogen and oxygen atoms in total. The topological polar surface area (TPSA) is 101 Å². The molecule has 1 fully saturated rings. The number of benzene rings is 1.